The molecule has 0 aliphatic heterocycles. The van der Waals surface area contributed by atoms with Gasteiger partial charge in [0.15, 0.2) is 0 Å². The maximum absolute atomic E-state index is 2.61. The average Bonchev–Trinajstić information content (AvgIpc) is 3.95. The molecule has 0 unspecified atom stereocenters. The zero-order chi connectivity index (χ0) is 33.9. The minimum atomic E-state index is 1.15. The number of fused-ring (bicyclic) bond motifs is 14. The Hall–Kier alpha value is -6.62. The highest BCUT2D eigenvalue weighted by molar-refractivity contribution is 7.26. The first-order valence-electron chi connectivity index (χ1n) is 17.8. The normalized spacial score (nSPS) is 12.2. The lowest BCUT2D eigenvalue weighted by Crippen LogP contribution is -2.00. The van der Waals surface area contributed by atoms with Crippen LogP contribution in [0.1, 0.15) is 0 Å². The molecule has 3 nitrogen and oxygen atoms in total. The summed E-state index contributed by atoms with van der Waals surface area (Å²) in [6.45, 7) is 0. The summed E-state index contributed by atoms with van der Waals surface area (Å²) in [6.07, 6.45) is 0. The Balaban J connectivity index is 1.40. The van der Waals surface area contributed by atoms with Crippen LogP contribution >= 0.6 is 11.3 Å². The van der Waals surface area contributed by atoms with Gasteiger partial charge < -0.3 is 13.7 Å². The molecule has 242 valence electrons. The number of para-hydroxylation sites is 4. The van der Waals surface area contributed by atoms with Crippen LogP contribution in [0.25, 0.3) is 103 Å². The standard InChI is InChI=1S/C48H29N3S/c1-3-14-30(15-4-1)49-40-22-10-7-18-32(40)35-26-28-37-38-29-27-36-33-19-8-11-23-41(33)50(31-16-5-2-6-17-31)45(36)47(38)51(46(37)44(35)49)42-24-13-21-39-34-20-9-12-25-43(34)52-48(39)42/h1-29H. The van der Waals surface area contributed by atoms with E-state index in [0.29, 0.717) is 0 Å². The van der Waals surface area contributed by atoms with Crippen molar-refractivity contribution in [2.45, 2.75) is 0 Å². The SMILES string of the molecule is c1ccc(-n2c3ccccc3c3ccc4c5ccc6c7ccccc7n(-c7ccccc7)c6c5n(-c5cccc6c5sc5ccccc56)c4c32)cc1. The second kappa shape index (κ2) is 10.5. The van der Waals surface area contributed by atoms with Crippen molar-refractivity contribution in [1.29, 1.82) is 0 Å². The zero-order valence-electron chi connectivity index (χ0n) is 28.0. The fourth-order valence-electron chi connectivity index (χ4n) is 8.92. The Morgan fingerprint density at radius 2 is 0.712 bits per heavy atom. The maximum atomic E-state index is 2.61. The van der Waals surface area contributed by atoms with Crippen LogP contribution < -0.4 is 0 Å². The number of rotatable bonds is 3. The number of thiophene rings is 1. The third-order valence-corrected chi connectivity index (χ3v) is 12.2. The Bertz CT molecular complexity index is 3220. The van der Waals surface area contributed by atoms with Gasteiger partial charge in [0, 0.05) is 59.2 Å². The first-order chi connectivity index (χ1) is 25.8. The van der Waals surface area contributed by atoms with E-state index in [0.717, 1.165) is 11.4 Å². The van der Waals surface area contributed by atoms with E-state index in [2.05, 4.69) is 190 Å². The van der Waals surface area contributed by atoms with E-state index in [-0.39, 0.29) is 0 Å². The molecule has 0 aliphatic rings. The number of aromatic nitrogens is 3. The highest BCUT2D eigenvalue weighted by Gasteiger charge is 2.26. The molecule has 4 aromatic heterocycles. The van der Waals surface area contributed by atoms with E-state index < -0.39 is 0 Å². The van der Waals surface area contributed by atoms with E-state index in [1.165, 1.54) is 91.3 Å². The smallest absolute Gasteiger partial charge is 0.0790 e. The lowest BCUT2D eigenvalue weighted by atomic mass is 10.1. The van der Waals surface area contributed by atoms with Crippen LogP contribution in [0.4, 0.5) is 0 Å². The molecule has 8 aromatic carbocycles. The quantitative estimate of drug-likeness (QED) is 0.177. The summed E-state index contributed by atoms with van der Waals surface area (Å²) in [4.78, 5) is 0. The van der Waals surface area contributed by atoms with Crippen molar-refractivity contribution in [2.75, 3.05) is 0 Å². The molecular weight excluding hydrogens is 651 g/mol. The van der Waals surface area contributed by atoms with Crippen LogP contribution in [0.15, 0.2) is 176 Å². The zero-order valence-corrected chi connectivity index (χ0v) is 28.8. The van der Waals surface area contributed by atoms with E-state index in [9.17, 15) is 0 Å². The molecular formula is C48H29N3S. The third kappa shape index (κ3) is 3.64. The van der Waals surface area contributed by atoms with Crippen LogP contribution in [-0.4, -0.2) is 13.7 Å². The molecule has 0 aliphatic carbocycles. The largest absolute Gasteiger partial charge is 0.307 e. The predicted molar refractivity (Wildman–Crippen MR) is 222 cm³/mol. The summed E-state index contributed by atoms with van der Waals surface area (Å²) in [5, 5.41) is 10.1. The van der Waals surface area contributed by atoms with Crippen molar-refractivity contribution in [2.24, 2.45) is 0 Å². The molecule has 0 atom stereocenters. The Kier molecular flexibility index (Phi) is 5.65. The fraction of sp³-hybridized carbons (Fsp3) is 0. The lowest BCUT2D eigenvalue weighted by molar-refractivity contribution is 1.14. The number of hydrogen-bond donors (Lipinski definition) is 0. The monoisotopic (exact) mass is 679 g/mol. The van der Waals surface area contributed by atoms with E-state index in [4.69, 9.17) is 0 Å². The lowest BCUT2D eigenvalue weighted by Gasteiger charge is -2.15. The highest BCUT2D eigenvalue weighted by atomic mass is 32.1. The summed E-state index contributed by atoms with van der Waals surface area (Å²) in [5.41, 5.74) is 10.8. The minimum absolute atomic E-state index is 1.15. The first kappa shape index (κ1) is 28.1. The average molecular weight is 680 g/mol. The van der Waals surface area contributed by atoms with Gasteiger partial charge in [-0.3, -0.25) is 0 Å². The summed E-state index contributed by atoms with van der Waals surface area (Å²) in [6, 6.07) is 64.6. The van der Waals surface area contributed by atoms with E-state index >= 15 is 0 Å². The second-order valence-electron chi connectivity index (χ2n) is 13.7. The summed E-state index contributed by atoms with van der Waals surface area (Å²) < 4.78 is 10.2. The van der Waals surface area contributed by atoms with Gasteiger partial charge in [-0.15, -0.1) is 11.3 Å². The molecule has 12 aromatic rings. The molecule has 0 bridgehead atoms. The first-order valence-corrected chi connectivity index (χ1v) is 18.6. The van der Waals surface area contributed by atoms with Gasteiger partial charge in [0.1, 0.15) is 0 Å². The highest BCUT2D eigenvalue weighted by Crippen LogP contribution is 2.47. The summed E-state index contributed by atoms with van der Waals surface area (Å²) in [5.74, 6) is 0. The van der Waals surface area contributed by atoms with Gasteiger partial charge in [0.25, 0.3) is 0 Å². The van der Waals surface area contributed by atoms with Crippen molar-refractivity contribution in [3.63, 3.8) is 0 Å². The van der Waals surface area contributed by atoms with Crippen molar-refractivity contribution in [3.05, 3.63) is 176 Å². The molecule has 0 amide bonds. The van der Waals surface area contributed by atoms with Crippen LogP contribution in [0.5, 0.6) is 0 Å². The molecule has 0 N–H and O–H groups in total. The van der Waals surface area contributed by atoms with Gasteiger partial charge in [-0.1, -0.05) is 127 Å². The molecule has 0 fully saturated rings. The molecule has 0 radical (unpaired) electrons. The maximum Gasteiger partial charge on any atom is 0.0790 e. The predicted octanol–water partition coefficient (Wildman–Crippen LogP) is 13.3. The van der Waals surface area contributed by atoms with Crippen molar-refractivity contribution in [1.82, 2.24) is 13.7 Å². The molecule has 0 saturated heterocycles. The van der Waals surface area contributed by atoms with Gasteiger partial charge in [-0.05, 0) is 48.5 Å². The van der Waals surface area contributed by atoms with Gasteiger partial charge in [-0.2, -0.15) is 0 Å². The van der Waals surface area contributed by atoms with E-state index in [1.807, 2.05) is 11.3 Å². The minimum Gasteiger partial charge on any atom is -0.307 e. The Morgan fingerprint density at radius 3 is 1.27 bits per heavy atom. The molecule has 12 rings (SSSR count). The Labute approximate surface area is 302 Å². The van der Waals surface area contributed by atoms with Gasteiger partial charge in [0.05, 0.1) is 43.5 Å². The van der Waals surface area contributed by atoms with Crippen molar-refractivity contribution < 1.29 is 0 Å². The number of nitrogens with zero attached hydrogens (tertiary/aromatic N) is 3. The van der Waals surface area contributed by atoms with E-state index in [1.54, 1.807) is 0 Å². The Morgan fingerprint density at radius 1 is 0.288 bits per heavy atom. The molecule has 4 heteroatoms. The van der Waals surface area contributed by atoms with Gasteiger partial charge >= 0.3 is 0 Å². The molecule has 0 spiro atoms. The van der Waals surface area contributed by atoms with Crippen LogP contribution in [0.3, 0.4) is 0 Å². The third-order valence-electron chi connectivity index (χ3n) is 11.0. The van der Waals surface area contributed by atoms with Crippen LogP contribution in [-0.2, 0) is 0 Å². The van der Waals surface area contributed by atoms with Crippen molar-refractivity contribution in [3.8, 4) is 17.1 Å². The van der Waals surface area contributed by atoms with Crippen LogP contribution in [0.2, 0.25) is 0 Å². The molecule has 4 heterocycles. The van der Waals surface area contributed by atoms with Gasteiger partial charge in [0.2, 0.25) is 0 Å². The fourth-order valence-corrected chi connectivity index (χ4v) is 10.1. The molecule has 52 heavy (non-hydrogen) atoms. The number of hydrogen-bond acceptors (Lipinski definition) is 1. The summed E-state index contributed by atoms with van der Waals surface area (Å²) in [7, 11) is 0. The number of benzene rings is 8. The molecule has 0 saturated carbocycles. The second-order valence-corrected chi connectivity index (χ2v) is 14.7. The topological polar surface area (TPSA) is 14.8 Å². The van der Waals surface area contributed by atoms with Gasteiger partial charge in [-0.25, -0.2) is 0 Å². The van der Waals surface area contributed by atoms with Crippen LogP contribution in [0, 0.1) is 0 Å². The summed E-state index contributed by atoms with van der Waals surface area (Å²) >= 11 is 1.89. The van der Waals surface area contributed by atoms with Crippen molar-refractivity contribution >= 4 is 96.9 Å².